The van der Waals surface area contributed by atoms with Crippen LogP contribution in [0.15, 0.2) is 85.3 Å². The van der Waals surface area contributed by atoms with E-state index in [2.05, 4.69) is 9.71 Å². The van der Waals surface area contributed by atoms with E-state index < -0.39 is 15.3 Å². The molecule has 0 aliphatic rings. The third-order valence-electron chi connectivity index (χ3n) is 5.37. The summed E-state index contributed by atoms with van der Waals surface area (Å²) in [4.78, 5) is 4.11. The van der Waals surface area contributed by atoms with Gasteiger partial charge in [-0.2, -0.15) is 5.10 Å². The Balaban J connectivity index is 1.69. The minimum Gasteiger partial charge on any atom is -0.283 e. The second-order valence-electron chi connectivity index (χ2n) is 7.73. The molecular formula is C25H26N4O2S. The third-order valence-corrected chi connectivity index (χ3v) is 7.19. The lowest BCUT2D eigenvalue weighted by Gasteiger charge is -2.14. The van der Waals surface area contributed by atoms with Gasteiger partial charge in [-0.25, -0.2) is 13.1 Å². The first-order chi connectivity index (χ1) is 15.5. The first-order valence-electron chi connectivity index (χ1n) is 10.7. The molecule has 32 heavy (non-hydrogen) atoms. The Kier molecular flexibility index (Phi) is 6.37. The van der Waals surface area contributed by atoms with Crippen molar-refractivity contribution in [1.82, 2.24) is 14.8 Å². The van der Waals surface area contributed by atoms with Gasteiger partial charge < -0.3 is 0 Å². The number of nitrogens with one attached hydrogen (secondary N) is 1. The largest absolute Gasteiger partial charge is 0.283 e. The van der Waals surface area contributed by atoms with Crippen molar-refractivity contribution in [2.45, 2.75) is 31.9 Å². The lowest BCUT2D eigenvalue weighted by atomic mass is 10.0. The standard InChI is InChI=1S/C25H26N4O2S/c1-3-7-19(2)32(30,31)28-22-12-10-20(11-13-22)24-18-29(23-8-5-4-6-9-23)27-25(24)21-14-16-26-17-15-21/h4-6,8-19,28H,3,7H2,1-2H3. The molecule has 4 rings (SSSR count). The van der Waals surface area contributed by atoms with Crippen molar-refractivity contribution in [1.29, 1.82) is 0 Å². The first-order valence-corrected chi connectivity index (χ1v) is 12.2. The number of benzene rings is 2. The van der Waals surface area contributed by atoms with Crippen LogP contribution in [0.5, 0.6) is 0 Å². The smallest absolute Gasteiger partial charge is 0.235 e. The molecule has 7 heteroatoms. The van der Waals surface area contributed by atoms with Crippen LogP contribution in [0.2, 0.25) is 0 Å². The SMILES string of the molecule is CCCC(C)S(=O)(=O)Nc1ccc(-c2cn(-c3ccccc3)nc2-c2ccncc2)cc1. The van der Waals surface area contributed by atoms with Crippen LogP contribution in [-0.2, 0) is 10.0 Å². The number of anilines is 1. The number of hydrogen-bond donors (Lipinski definition) is 1. The van der Waals surface area contributed by atoms with E-state index in [0.717, 1.165) is 34.5 Å². The van der Waals surface area contributed by atoms with Gasteiger partial charge >= 0.3 is 0 Å². The van der Waals surface area contributed by atoms with E-state index in [0.29, 0.717) is 12.1 Å². The number of sulfonamides is 1. The van der Waals surface area contributed by atoms with Crippen LogP contribution >= 0.6 is 0 Å². The van der Waals surface area contributed by atoms with Gasteiger partial charge in [0.25, 0.3) is 0 Å². The first kappa shape index (κ1) is 21.8. The molecule has 0 saturated carbocycles. The zero-order valence-corrected chi connectivity index (χ0v) is 19.0. The number of aromatic nitrogens is 3. The number of pyridine rings is 1. The van der Waals surface area contributed by atoms with E-state index >= 15 is 0 Å². The van der Waals surface area contributed by atoms with Gasteiger partial charge in [0.05, 0.1) is 10.9 Å². The minimum absolute atomic E-state index is 0.436. The molecule has 2 aromatic heterocycles. The molecule has 1 N–H and O–H groups in total. The van der Waals surface area contributed by atoms with E-state index in [4.69, 9.17) is 5.10 Å². The van der Waals surface area contributed by atoms with Crippen molar-refractivity contribution in [2.75, 3.05) is 4.72 Å². The van der Waals surface area contributed by atoms with Crippen LogP contribution in [-0.4, -0.2) is 28.4 Å². The Bertz CT molecular complexity index is 1270. The van der Waals surface area contributed by atoms with Crippen LogP contribution in [0.4, 0.5) is 5.69 Å². The average molecular weight is 447 g/mol. The van der Waals surface area contributed by atoms with Crippen molar-refractivity contribution in [3.05, 3.63) is 85.3 Å². The molecule has 164 valence electrons. The molecule has 6 nitrogen and oxygen atoms in total. The Morgan fingerprint density at radius 2 is 1.62 bits per heavy atom. The Morgan fingerprint density at radius 1 is 0.938 bits per heavy atom. The van der Waals surface area contributed by atoms with Crippen molar-refractivity contribution in [3.63, 3.8) is 0 Å². The maximum Gasteiger partial charge on any atom is 0.235 e. The summed E-state index contributed by atoms with van der Waals surface area (Å²) in [7, 11) is -3.41. The monoisotopic (exact) mass is 446 g/mol. The number of para-hydroxylation sites is 1. The zero-order chi connectivity index (χ0) is 22.6. The quantitative estimate of drug-likeness (QED) is 0.386. The van der Waals surface area contributed by atoms with Crippen LogP contribution in [0.1, 0.15) is 26.7 Å². The normalized spacial score (nSPS) is 12.4. The molecule has 1 unspecified atom stereocenters. The molecule has 0 saturated heterocycles. The summed E-state index contributed by atoms with van der Waals surface area (Å²) in [6.07, 6.45) is 6.94. The molecule has 0 spiro atoms. The summed E-state index contributed by atoms with van der Waals surface area (Å²) in [6, 6.07) is 21.2. The van der Waals surface area contributed by atoms with Gasteiger partial charge in [-0.1, -0.05) is 43.7 Å². The minimum atomic E-state index is -3.41. The van der Waals surface area contributed by atoms with E-state index in [1.54, 1.807) is 31.5 Å². The zero-order valence-electron chi connectivity index (χ0n) is 18.1. The molecule has 0 aliphatic carbocycles. The van der Waals surface area contributed by atoms with Gasteiger partial charge in [-0.05, 0) is 55.3 Å². The number of hydrogen-bond acceptors (Lipinski definition) is 4. The summed E-state index contributed by atoms with van der Waals surface area (Å²) in [5, 5.41) is 4.39. The summed E-state index contributed by atoms with van der Waals surface area (Å²) in [5.41, 5.74) is 5.21. The molecule has 0 fully saturated rings. The maximum atomic E-state index is 12.5. The molecule has 1 atom stereocenters. The van der Waals surface area contributed by atoms with E-state index in [-0.39, 0.29) is 0 Å². The van der Waals surface area contributed by atoms with Gasteiger partial charge in [-0.15, -0.1) is 0 Å². The molecule has 0 bridgehead atoms. The highest BCUT2D eigenvalue weighted by Gasteiger charge is 2.20. The third kappa shape index (κ3) is 4.73. The molecule has 0 amide bonds. The highest BCUT2D eigenvalue weighted by Crippen LogP contribution is 2.32. The maximum absolute atomic E-state index is 12.5. The predicted octanol–water partition coefficient (Wildman–Crippen LogP) is 5.53. The molecule has 4 aromatic rings. The lowest BCUT2D eigenvalue weighted by molar-refractivity contribution is 0.581. The molecular weight excluding hydrogens is 420 g/mol. The molecule has 2 heterocycles. The topological polar surface area (TPSA) is 76.9 Å². The second kappa shape index (κ2) is 9.36. The van der Waals surface area contributed by atoms with Gasteiger partial charge in [0.1, 0.15) is 5.69 Å². The number of rotatable bonds is 8. The van der Waals surface area contributed by atoms with Crippen LogP contribution in [0.3, 0.4) is 0 Å². The molecule has 0 radical (unpaired) electrons. The van der Waals surface area contributed by atoms with Gasteiger partial charge in [0.15, 0.2) is 0 Å². The fourth-order valence-corrected chi connectivity index (χ4v) is 4.78. The van der Waals surface area contributed by atoms with Crippen molar-refractivity contribution in [2.24, 2.45) is 0 Å². The van der Waals surface area contributed by atoms with Crippen LogP contribution < -0.4 is 4.72 Å². The lowest BCUT2D eigenvalue weighted by Crippen LogP contribution is -2.25. The Labute approximate surface area is 189 Å². The van der Waals surface area contributed by atoms with Gasteiger partial charge in [0.2, 0.25) is 10.0 Å². The predicted molar refractivity (Wildman–Crippen MR) is 129 cm³/mol. The highest BCUT2D eigenvalue weighted by atomic mass is 32.2. The fraction of sp³-hybridized carbons (Fsp3) is 0.200. The van der Waals surface area contributed by atoms with Gasteiger partial charge in [-0.3, -0.25) is 9.71 Å². The molecule has 2 aromatic carbocycles. The number of nitrogens with zero attached hydrogens (tertiary/aromatic N) is 3. The van der Waals surface area contributed by atoms with Crippen molar-refractivity contribution >= 4 is 15.7 Å². The highest BCUT2D eigenvalue weighted by molar-refractivity contribution is 7.93. The van der Waals surface area contributed by atoms with Crippen LogP contribution in [0.25, 0.3) is 28.1 Å². The summed E-state index contributed by atoms with van der Waals surface area (Å²) < 4.78 is 29.6. The summed E-state index contributed by atoms with van der Waals surface area (Å²) in [5.74, 6) is 0. The van der Waals surface area contributed by atoms with E-state index in [1.807, 2.05) is 72.4 Å². The van der Waals surface area contributed by atoms with Crippen molar-refractivity contribution in [3.8, 4) is 28.1 Å². The average Bonchev–Trinajstić information content (AvgIpc) is 3.26. The van der Waals surface area contributed by atoms with E-state index in [9.17, 15) is 8.42 Å². The fourth-order valence-electron chi connectivity index (χ4n) is 3.57. The van der Waals surface area contributed by atoms with Crippen molar-refractivity contribution < 1.29 is 8.42 Å². The van der Waals surface area contributed by atoms with Gasteiger partial charge in [0, 0.05) is 35.4 Å². The van der Waals surface area contributed by atoms with Crippen LogP contribution in [0, 0.1) is 0 Å². The second-order valence-corrected chi connectivity index (χ2v) is 9.83. The summed E-state index contributed by atoms with van der Waals surface area (Å²) in [6.45, 7) is 3.72. The molecule has 0 aliphatic heterocycles. The Hall–Kier alpha value is -3.45. The summed E-state index contributed by atoms with van der Waals surface area (Å²) >= 11 is 0. The Morgan fingerprint density at radius 3 is 2.28 bits per heavy atom. The van der Waals surface area contributed by atoms with E-state index in [1.165, 1.54) is 0 Å².